The van der Waals surface area contributed by atoms with Crippen molar-refractivity contribution in [1.82, 2.24) is 4.98 Å². The van der Waals surface area contributed by atoms with E-state index >= 15 is 0 Å². The van der Waals surface area contributed by atoms with Crippen LogP contribution in [-0.4, -0.2) is 16.2 Å². The van der Waals surface area contributed by atoms with Crippen molar-refractivity contribution >= 4 is 28.2 Å². The maximum Gasteiger partial charge on any atom is 0.0718 e. The lowest BCUT2D eigenvalue weighted by atomic mass is 10.2. The SMILES string of the molecule is CC(C)O.Nc1cnc2cccc(Cl)c2c1. The average molecular weight is 239 g/mol. The fourth-order valence-electron chi connectivity index (χ4n) is 1.13. The summed E-state index contributed by atoms with van der Waals surface area (Å²) in [6.07, 6.45) is 1.46. The Labute approximate surface area is 99.9 Å². The molecular weight excluding hydrogens is 224 g/mol. The van der Waals surface area contributed by atoms with E-state index < -0.39 is 0 Å². The number of nitrogens with zero attached hydrogens (tertiary/aromatic N) is 1. The normalized spacial score (nSPS) is 10.1. The van der Waals surface area contributed by atoms with Crippen LogP contribution in [0.2, 0.25) is 5.02 Å². The maximum atomic E-state index is 8.06. The molecule has 0 aliphatic heterocycles. The average Bonchev–Trinajstić information content (AvgIpc) is 2.18. The highest BCUT2D eigenvalue weighted by Crippen LogP contribution is 2.22. The summed E-state index contributed by atoms with van der Waals surface area (Å²) < 4.78 is 0. The number of anilines is 1. The summed E-state index contributed by atoms with van der Waals surface area (Å²) in [4.78, 5) is 4.13. The number of aromatic nitrogens is 1. The molecule has 16 heavy (non-hydrogen) atoms. The highest BCUT2D eigenvalue weighted by Gasteiger charge is 1.98. The van der Waals surface area contributed by atoms with Crippen LogP contribution in [0.1, 0.15) is 13.8 Å². The van der Waals surface area contributed by atoms with Gasteiger partial charge in [0.05, 0.1) is 22.4 Å². The quantitative estimate of drug-likeness (QED) is 0.742. The number of hydrogen-bond donors (Lipinski definition) is 2. The molecular formula is C12H15ClN2O. The van der Waals surface area contributed by atoms with Gasteiger partial charge in [0.1, 0.15) is 0 Å². The van der Waals surface area contributed by atoms with Gasteiger partial charge in [-0.05, 0) is 32.0 Å². The van der Waals surface area contributed by atoms with Crippen LogP contribution in [-0.2, 0) is 0 Å². The zero-order valence-electron chi connectivity index (χ0n) is 9.31. The van der Waals surface area contributed by atoms with Gasteiger partial charge in [0, 0.05) is 11.5 Å². The standard InChI is InChI=1S/C9H7ClN2.C3H8O/c10-8-2-1-3-9-7(8)4-6(11)5-12-9;1-3(2)4/h1-5H,11H2;3-4H,1-2H3. The smallest absolute Gasteiger partial charge is 0.0718 e. The van der Waals surface area contributed by atoms with Gasteiger partial charge in [-0.15, -0.1) is 0 Å². The minimum Gasteiger partial charge on any atom is -0.397 e. The molecule has 2 rings (SSSR count). The molecule has 1 aromatic heterocycles. The van der Waals surface area contributed by atoms with Crippen LogP contribution in [0.25, 0.3) is 10.9 Å². The summed E-state index contributed by atoms with van der Waals surface area (Å²) in [6.45, 7) is 3.44. The van der Waals surface area contributed by atoms with E-state index in [1.54, 1.807) is 20.0 Å². The Bertz CT molecular complexity index is 469. The second-order valence-corrected chi connectivity index (χ2v) is 4.08. The Kier molecular flexibility index (Phi) is 4.52. The molecule has 0 unspecified atom stereocenters. The minimum absolute atomic E-state index is 0.167. The van der Waals surface area contributed by atoms with Crippen LogP contribution in [0.3, 0.4) is 0 Å². The zero-order valence-corrected chi connectivity index (χ0v) is 10.1. The second kappa shape index (κ2) is 5.68. The molecule has 0 saturated carbocycles. The first kappa shape index (κ1) is 12.7. The molecule has 0 aliphatic carbocycles. The molecule has 0 amide bonds. The predicted molar refractivity (Wildman–Crippen MR) is 68.5 cm³/mol. The number of rotatable bonds is 0. The van der Waals surface area contributed by atoms with Crippen LogP contribution < -0.4 is 5.73 Å². The molecule has 0 spiro atoms. The summed E-state index contributed by atoms with van der Waals surface area (Å²) in [5, 5.41) is 9.64. The summed E-state index contributed by atoms with van der Waals surface area (Å²) in [7, 11) is 0. The second-order valence-electron chi connectivity index (χ2n) is 3.67. The molecule has 0 atom stereocenters. The summed E-state index contributed by atoms with van der Waals surface area (Å²) in [5.74, 6) is 0. The Morgan fingerprint density at radius 3 is 2.62 bits per heavy atom. The Balaban J connectivity index is 0.000000280. The molecule has 3 nitrogen and oxygen atoms in total. The van der Waals surface area contributed by atoms with Crippen molar-refractivity contribution < 1.29 is 5.11 Å². The molecule has 1 aromatic carbocycles. The number of nitrogen functional groups attached to an aromatic ring is 1. The van der Waals surface area contributed by atoms with Gasteiger partial charge in [-0.2, -0.15) is 0 Å². The van der Waals surface area contributed by atoms with Crippen molar-refractivity contribution in [3.05, 3.63) is 35.5 Å². The van der Waals surface area contributed by atoms with Gasteiger partial charge in [-0.25, -0.2) is 0 Å². The van der Waals surface area contributed by atoms with E-state index in [1.807, 2.05) is 24.3 Å². The van der Waals surface area contributed by atoms with E-state index in [9.17, 15) is 0 Å². The number of hydrogen-bond acceptors (Lipinski definition) is 3. The van der Waals surface area contributed by atoms with E-state index in [4.69, 9.17) is 22.4 Å². The fraction of sp³-hybridized carbons (Fsp3) is 0.250. The minimum atomic E-state index is -0.167. The number of nitrogens with two attached hydrogens (primary N) is 1. The van der Waals surface area contributed by atoms with Crippen LogP contribution in [0.4, 0.5) is 5.69 Å². The van der Waals surface area contributed by atoms with Gasteiger partial charge in [-0.3, -0.25) is 4.98 Å². The number of pyridine rings is 1. The van der Waals surface area contributed by atoms with Gasteiger partial charge in [0.25, 0.3) is 0 Å². The number of benzene rings is 1. The van der Waals surface area contributed by atoms with Crippen molar-refractivity contribution in [3.63, 3.8) is 0 Å². The third kappa shape index (κ3) is 3.68. The molecule has 0 aliphatic rings. The Morgan fingerprint density at radius 1 is 1.38 bits per heavy atom. The first-order valence-corrected chi connectivity index (χ1v) is 5.36. The lowest BCUT2D eigenvalue weighted by Crippen LogP contribution is -1.86. The third-order valence-electron chi connectivity index (χ3n) is 1.69. The Hall–Kier alpha value is -1.32. The largest absolute Gasteiger partial charge is 0.397 e. The van der Waals surface area contributed by atoms with Crippen LogP contribution in [0, 0.1) is 0 Å². The van der Waals surface area contributed by atoms with E-state index in [2.05, 4.69) is 4.98 Å². The third-order valence-corrected chi connectivity index (χ3v) is 2.02. The number of fused-ring (bicyclic) bond motifs is 1. The summed E-state index contributed by atoms with van der Waals surface area (Å²) >= 11 is 5.93. The van der Waals surface area contributed by atoms with Gasteiger partial charge in [-0.1, -0.05) is 17.7 Å². The molecule has 1 heterocycles. The molecule has 86 valence electrons. The van der Waals surface area contributed by atoms with E-state index in [0.717, 1.165) is 10.9 Å². The highest BCUT2D eigenvalue weighted by atomic mass is 35.5. The first-order valence-electron chi connectivity index (χ1n) is 4.98. The van der Waals surface area contributed by atoms with Crippen LogP contribution in [0.15, 0.2) is 30.5 Å². The fourth-order valence-corrected chi connectivity index (χ4v) is 1.35. The molecule has 3 N–H and O–H groups in total. The monoisotopic (exact) mass is 238 g/mol. The van der Waals surface area contributed by atoms with Gasteiger partial charge in [0.15, 0.2) is 0 Å². The van der Waals surface area contributed by atoms with Crippen molar-refractivity contribution in [2.45, 2.75) is 20.0 Å². The molecule has 0 radical (unpaired) electrons. The number of aliphatic hydroxyl groups excluding tert-OH is 1. The van der Waals surface area contributed by atoms with Crippen molar-refractivity contribution in [2.24, 2.45) is 0 Å². The Morgan fingerprint density at radius 2 is 2.00 bits per heavy atom. The predicted octanol–water partition coefficient (Wildman–Crippen LogP) is 2.86. The zero-order chi connectivity index (χ0) is 12.1. The van der Waals surface area contributed by atoms with E-state index in [1.165, 1.54) is 0 Å². The van der Waals surface area contributed by atoms with Crippen molar-refractivity contribution in [3.8, 4) is 0 Å². The maximum absolute atomic E-state index is 8.06. The van der Waals surface area contributed by atoms with Gasteiger partial charge >= 0.3 is 0 Å². The van der Waals surface area contributed by atoms with Gasteiger partial charge in [0.2, 0.25) is 0 Å². The highest BCUT2D eigenvalue weighted by molar-refractivity contribution is 6.35. The molecule has 0 saturated heterocycles. The number of halogens is 1. The van der Waals surface area contributed by atoms with Crippen LogP contribution in [0.5, 0.6) is 0 Å². The lowest BCUT2D eigenvalue weighted by Gasteiger charge is -1.99. The van der Waals surface area contributed by atoms with Gasteiger partial charge < -0.3 is 10.8 Å². The topological polar surface area (TPSA) is 59.1 Å². The van der Waals surface area contributed by atoms with Crippen molar-refractivity contribution in [1.29, 1.82) is 0 Å². The van der Waals surface area contributed by atoms with Crippen LogP contribution >= 0.6 is 11.6 Å². The van der Waals surface area contributed by atoms with Crippen molar-refractivity contribution in [2.75, 3.05) is 5.73 Å². The lowest BCUT2D eigenvalue weighted by molar-refractivity contribution is 0.216. The van der Waals surface area contributed by atoms with E-state index in [-0.39, 0.29) is 6.10 Å². The van der Waals surface area contributed by atoms with E-state index in [0.29, 0.717) is 10.7 Å². The summed E-state index contributed by atoms with van der Waals surface area (Å²) in [5.41, 5.74) is 7.08. The molecule has 2 aromatic rings. The summed E-state index contributed by atoms with van der Waals surface area (Å²) in [6, 6.07) is 7.42. The molecule has 0 fully saturated rings. The number of aliphatic hydroxyl groups is 1. The molecule has 4 heteroatoms. The molecule has 0 bridgehead atoms. The first-order chi connectivity index (χ1) is 7.50.